The molecule has 1 aliphatic carbocycles. The second-order valence-electron chi connectivity index (χ2n) is 5.68. The SMILES string of the molecule is C=C(C)C(=O)OC(C)C.C=C(C)C(=O)OC1CCCCC1. The van der Waals surface area contributed by atoms with Gasteiger partial charge in [0.1, 0.15) is 6.10 Å². The Labute approximate surface area is 128 Å². The number of hydrogen-bond acceptors (Lipinski definition) is 4. The first-order valence-electron chi connectivity index (χ1n) is 7.47. The molecule has 4 heteroatoms. The average Bonchev–Trinajstić information content (AvgIpc) is 2.39. The van der Waals surface area contributed by atoms with Crippen LogP contribution >= 0.6 is 0 Å². The quantitative estimate of drug-likeness (QED) is 0.582. The van der Waals surface area contributed by atoms with Gasteiger partial charge in [-0.1, -0.05) is 19.6 Å². The predicted molar refractivity (Wildman–Crippen MR) is 83.8 cm³/mol. The van der Waals surface area contributed by atoms with Crippen LogP contribution in [0.3, 0.4) is 0 Å². The van der Waals surface area contributed by atoms with Crippen molar-refractivity contribution in [2.75, 3.05) is 0 Å². The van der Waals surface area contributed by atoms with E-state index in [1.807, 2.05) is 0 Å². The summed E-state index contributed by atoms with van der Waals surface area (Å²) in [5.74, 6) is -0.549. The summed E-state index contributed by atoms with van der Waals surface area (Å²) >= 11 is 0. The van der Waals surface area contributed by atoms with Crippen molar-refractivity contribution in [2.24, 2.45) is 0 Å². The van der Waals surface area contributed by atoms with Crippen LogP contribution in [0.1, 0.15) is 59.8 Å². The van der Waals surface area contributed by atoms with E-state index in [1.54, 1.807) is 27.7 Å². The molecule has 1 aliphatic rings. The van der Waals surface area contributed by atoms with Crippen molar-refractivity contribution in [3.63, 3.8) is 0 Å². The Kier molecular flexibility index (Phi) is 9.42. The topological polar surface area (TPSA) is 52.6 Å². The molecule has 0 atom stereocenters. The predicted octanol–water partition coefficient (Wildman–Crippen LogP) is 3.95. The molecule has 0 spiro atoms. The van der Waals surface area contributed by atoms with E-state index in [2.05, 4.69) is 13.2 Å². The summed E-state index contributed by atoms with van der Waals surface area (Å²) in [6, 6.07) is 0. The van der Waals surface area contributed by atoms with Crippen molar-refractivity contribution in [3.05, 3.63) is 24.3 Å². The number of carbonyl (C=O) groups excluding carboxylic acids is 2. The van der Waals surface area contributed by atoms with Crippen molar-refractivity contribution in [3.8, 4) is 0 Å². The number of rotatable bonds is 4. The minimum absolute atomic E-state index is 0.0470. The first-order chi connectivity index (χ1) is 9.73. The van der Waals surface area contributed by atoms with Crippen LogP contribution in [0.25, 0.3) is 0 Å². The lowest BCUT2D eigenvalue weighted by atomic mass is 9.98. The first kappa shape index (κ1) is 19.4. The Morgan fingerprint density at radius 3 is 1.76 bits per heavy atom. The van der Waals surface area contributed by atoms with E-state index >= 15 is 0 Å². The van der Waals surface area contributed by atoms with Gasteiger partial charge in [0.15, 0.2) is 0 Å². The molecule has 0 saturated heterocycles. The Bertz CT molecular complexity index is 376. The van der Waals surface area contributed by atoms with Crippen LogP contribution in [0.4, 0.5) is 0 Å². The van der Waals surface area contributed by atoms with E-state index < -0.39 is 0 Å². The Morgan fingerprint density at radius 1 is 0.952 bits per heavy atom. The number of ether oxygens (including phenoxy) is 2. The molecule has 0 amide bonds. The van der Waals surface area contributed by atoms with Crippen molar-refractivity contribution < 1.29 is 19.1 Å². The zero-order valence-corrected chi connectivity index (χ0v) is 13.7. The normalized spacial score (nSPS) is 14.7. The molecule has 0 unspecified atom stereocenters. The highest BCUT2D eigenvalue weighted by Crippen LogP contribution is 2.20. The molecule has 1 rings (SSSR count). The second-order valence-corrected chi connectivity index (χ2v) is 5.68. The standard InChI is InChI=1S/C10H16O2.C7H12O2/c1-8(2)10(11)12-9-6-4-3-5-7-9;1-5(2)7(8)9-6(3)4/h9H,1,3-7H2,2H3;6H,1H2,2-4H3. The average molecular weight is 296 g/mol. The summed E-state index contributed by atoms with van der Waals surface area (Å²) in [6.45, 7) is 13.9. The zero-order chi connectivity index (χ0) is 16.4. The van der Waals surface area contributed by atoms with E-state index in [4.69, 9.17) is 9.47 Å². The summed E-state index contributed by atoms with van der Waals surface area (Å²) < 4.78 is 9.99. The fourth-order valence-electron chi connectivity index (χ4n) is 1.75. The summed E-state index contributed by atoms with van der Waals surface area (Å²) in [6.07, 6.45) is 5.82. The maximum absolute atomic E-state index is 11.1. The number of esters is 2. The molecule has 21 heavy (non-hydrogen) atoms. The first-order valence-corrected chi connectivity index (χ1v) is 7.47. The minimum atomic E-state index is -0.315. The maximum Gasteiger partial charge on any atom is 0.333 e. The van der Waals surface area contributed by atoms with Gasteiger partial charge < -0.3 is 9.47 Å². The third-order valence-electron chi connectivity index (χ3n) is 2.87. The molecule has 4 nitrogen and oxygen atoms in total. The summed E-state index contributed by atoms with van der Waals surface area (Å²) in [5, 5.41) is 0. The van der Waals surface area contributed by atoms with Gasteiger partial charge in [0.25, 0.3) is 0 Å². The monoisotopic (exact) mass is 296 g/mol. The Balaban J connectivity index is 0.000000400. The third-order valence-corrected chi connectivity index (χ3v) is 2.87. The van der Waals surface area contributed by atoms with Crippen LogP contribution in [-0.4, -0.2) is 24.1 Å². The van der Waals surface area contributed by atoms with Crippen LogP contribution in [0, 0.1) is 0 Å². The van der Waals surface area contributed by atoms with Crippen molar-refractivity contribution in [2.45, 2.75) is 72.0 Å². The Morgan fingerprint density at radius 2 is 1.43 bits per heavy atom. The fraction of sp³-hybridized carbons (Fsp3) is 0.647. The third kappa shape index (κ3) is 9.88. The molecule has 1 fully saturated rings. The van der Waals surface area contributed by atoms with E-state index in [0.29, 0.717) is 11.1 Å². The van der Waals surface area contributed by atoms with Gasteiger partial charge in [-0.3, -0.25) is 0 Å². The van der Waals surface area contributed by atoms with Gasteiger partial charge >= 0.3 is 11.9 Å². The van der Waals surface area contributed by atoms with E-state index in [1.165, 1.54) is 19.3 Å². The van der Waals surface area contributed by atoms with Gasteiger partial charge in [-0.05, 0) is 53.4 Å². The van der Waals surface area contributed by atoms with Gasteiger partial charge in [-0.2, -0.15) is 0 Å². The van der Waals surface area contributed by atoms with Crippen LogP contribution in [0.5, 0.6) is 0 Å². The van der Waals surface area contributed by atoms with Crippen LogP contribution in [-0.2, 0) is 19.1 Å². The van der Waals surface area contributed by atoms with E-state index in [9.17, 15) is 9.59 Å². The van der Waals surface area contributed by atoms with Crippen LogP contribution < -0.4 is 0 Å². The van der Waals surface area contributed by atoms with E-state index in [0.717, 1.165) is 12.8 Å². The van der Waals surface area contributed by atoms with Crippen molar-refractivity contribution in [1.29, 1.82) is 0 Å². The number of hydrogen-bond donors (Lipinski definition) is 0. The fourth-order valence-corrected chi connectivity index (χ4v) is 1.75. The maximum atomic E-state index is 11.1. The summed E-state index contributed by atoms with van der Waals surface area (Å²) in [7, 11) is 0. The second kappa shape index (κ2) is 10.2. The van der Waals surface area contributed by atoms with Gasteiger partial charge in [-0.15, -0.1) is 0 Å². The Hall–Kier alpha value is -1.58. The van der Waals surface area contributed by atoms with Crippen LogP contribution in [0.2, 0.25) is 0 Å². The van der Waals surface area contributed by atoms with Crippen molar-refractivity contribution >= 4 is 11.9 Å². The lowest BCUT2D eigenvalue weighted by molar-refractivity contribution is -0.145. The van der Waals surface area contributed by atoms with E-state index in [-0.39, 0.29) is 24.1 Å². The molecule has 0 aliphatic heterocycles. The smallest absolute Gasteiger partial charge is 0.333 e. The molecule has 0 radical (unpaired) electrons. The highest BCUT2D eigenvalue weighted by Gasteiger charge is 2.17. The molecular weight excluding hydrogens is 268 g/mol. The van der Waals surface area contributed by atoms with Crippen LogP contribution in [0.15, 0.2) is 24.3 Å². The molecule has 120 valence electrons. The molecule has 0 aromatic heterocycles. The highest BCUT2D eigenvalue weighted by atomic mass is 16.5. The van der Waals surface area contributed by atoms with Crippen molar-refractivity contribution in [1.82, 2.24) is 0 Å². The lowest BCUT2D eigenvalue weighted by Crippen LogP contribution is -2.20. The summed E-state index contributed by atoms with van der Waals surface area (Å²) in [5.41, 5.74) is 0.948. The zero-order valence-electron chi connectivity index (χ0n) is 13.7. The molecule has 1 saturated carbocycles. The van der Waals surface area contributed by atoms with Gasteiger partial charge in [0, 0.05) is 11.1 Å². The minimum Gasteiger partial charge on any atom is -0.460 e. The molecule has 0 N–H and O–H groups in total. The molecular formula is C17H28O4. The molecule has 0 aromatic rings. The molecule has 0 heterocycles. The lowest BCUT2D eigenvalue weighted by Gasteiger charge is -2.21. The van der Waals surface area contributed by atoms with Gasteiger partial charge in [-0.25, -0.2) is 9.59 Å². The summed E-state index contributed by atoms with van der Waals surface area (Å²) in [4.78, 5) is 21.7. The number of carbonyl (C=O) groups is 2. The van der Waals surface area contributed by atoms with Gasteiger partial charge in [0.2, 0.25) is 0 Å². The molecule has 0 aromatic carbocycles. The van der Waals surface area contributed by atoms with Gasteiger partial charge in [0.05, 0.1) is 6.10 Å². The largest absolute Gasteiger partial charge is 0.460 e. The highest BCUT2D eigenvalue weighted by molar-refractivity contribution is 5.87. The molecule has 0 bridgehead atoms.